The zero-order valence-corrected chi connectivity index (χ0v) is 17.8. The van der Waals surface area contributed by atoms with Crippen molar-refractivity contribution in [2.45, 2.75) is 13.3 Å². The quantitative estimate of drug-likeness (QED) is 0.256. The van der Waals surface area contributed by atoms with Gasteiger partial charge < -0.3 is 14.0 Å². The highest BCUT2D eigenvalue weighted by molar-refractivity contribution is 6.16. The number of nitrogens with zero attached hydrogens (tertiary/aromatic N) is 1. The summed E-state index contributed by atoms with van der Waals surface area (Å²) in [6.07, 6.45) is 3.91. The summed E-state index contributed by atoms with van der Waals surface area (Å²) in [6, 6.07) is 20.7. The molecule has 1 aromatic heterocycles. The van der Waals surface area contributed by atoms with Crippen molar-refractivity contribution in [1.82, 2.24) is 4.57 Å². The number of ether oxygens (including phenoxy) is 2. The summed E-state index contributed by atoms with van der Waals surface area (Å²) in [7, 11) is 1.97. The molecule has 0 unspecified atom stereocenters. The number of esters is 1. The lowest BCUT2D eigenvalue weighted by molar-refractivity contribution is -0.133. The molecule has 158 valence electrons. The normalized spacial score (nSPS) is 13.9. The summed E-state index contributed by atoms with van der Waals surface area (Å²) in [5.41, 5.74) is 4.07. The predicted molar refractivity (Wildman–Crippen MR) is 123 cm³/mol. The zero-order chi connectivity index (χ0) is 22.2. The lowest BCUT2D eigenvalue weighted by Crippen LogP contribution is -2.11. The van der Waals surface area contributed by atoms with Crippen LogP contribution in [-0.4, -0.2) is 16.3 Å². The van der Waals surface area contributed by atoms with Gasteiger partial charge in [-0.3, -0.25) is 9.59 Å². The van der Waals surface area contributed by atoms with Gasteiger partial charge in [0, 0.05) is 35.8 Å². The molecule has 1 aliphatic rings. The first-order chi connectivity index (χ1) is 15.5. The van der Waals surface area contributed by atoms with E-state index >= 15 is 0 Å². The number of aryl methyl sites for hydroxylation is 2. The third-order valence-corrected chi connectivity index (χ3v) is 5.58. The average molecular weight is 423 g/mol. The lowest BCUT2D eigenvalue weighted by Gasteiger charge is -2.08. The number of hydrogen-bond donors (Lipinski definition) is 0. The van der Waals surface area contributed by atoms with E-state index < -0.39 is 0 Å². The zero-order valence-electron chi connectivity index (χ0n) is 17.8. The Labute approximate surface area is 185 Å². The van der Waals surface area contributed by atoms with Crippen molar-refractivity contribution in [1.29, 1.82) is 0 Å². The molecule has 0 radical (unpaired) electrons. The van der Waals surface area contributed by atoms with Gasteiger partial charge in [0.2, 0.25) is 5.78 Å². The van der Waals surface area contributed by atoms with Gasteiger partial charge in [-0.2, -0.15) is 0 Å². The van der Waals surface area contributed by atoms with Crippen LogP contribution in [0.25, 0.3) is 17.0 Å². The van der Waals surface area contributed by atoms with Gasteiger partial charge in [0.15, 0.2) is 5.76 Å². The second-order valence-electron chi connectivity index (χ2n) is 7.90. The fraction of sp³-hybridized carbons (Fsp3) is 0.111. The van der Waals surface area contributed by atoms with Crippen LogP contribution < -0.4 is 9.47 Å². The van der Waals surface area contributed by atoms with Crippen molar-refractivity contribution >= 4 is 28.7 Å². The van der Waals surface area contributed by atoms with Crippen molar-refractivity contribution in [3.8, 4) is 11.5 Å². The minimum Gasteiger partial charge on any atom is -0.452 e. The monoisotopic (exact) mass is 423 g/mol. The van der Waals surface area contributed by atoms with Gasteiger partial charge in [-0.15, -0.1) is 0 Å². The molecule has 0 saturated heterocycles. The van der Waals surface area contributed by atoms with E-state index in [1.54, 1.807) is 18.2 Å². The molecule has 5 rings (SSSR count). The molecule has 2 heterocycles. The van der Waals surface area contributed by atoms with E-state index in [1.807, 2.05) is 79.3 Å². The van der Waals surface area contributed by atoms with Crippen LogP contribution in [0.5, 0.6) is 11.5 Å². The Hall–Kier alpha value is -4.12. The molecule has 1 aliphatic heterocycles. The largest absolute Gasteiger partial charge is 0.452 e. The van der Waals surface area contributed by atoms with E-state index in [9.17, 15) is 9.59 Å². The number of carbonyl (C=O) groups is 2. The van der Waals surface area contributed by atoms with Gasteiger partial charge in [0.25, 0.3) is 0 Å². The summed E-state index contributed by atoms with van der Waals surface area (Å²) < 4.78 is 13.5. The average Bonchev–Trinajstić information content (AvgIpc) is 3.26. The van der Waals surface area contributed by atoms with Crippen LogP contribution >= 0.6 is 0 Å². The van der Waals surface area contributed by atoms with E-state index in [0.717, 1.165) is 22.0 Å². The van der Waals surface area contributed by atoms with Crippen LogP contribution in [0.4, 0.5) is 0 Å². The third-order valence-electron chi connectivity index (χ3n) is 5.58. The van der Waals surface area contributed by atoms with Crippen molar-refractivity contribution in [3.05, 3.63) is 101 Å². The Morgan fingerprint density at radius 3 is 2.62 bits per heavy atom. The van der Waals surface area contributed by atoms with Gasteiger partial charge in [-0.25, -0.2) is 0 Å². The molecule has 5 heteroatoms. The molecule has 32 heavy (non-hydrogen) atoms. The second kappa shape index (κ2) is 7.85. The maximum Gasteiger partial charge on any atom is 0.315 e. The predicted octanol–water partition coefficient (Wildman–Crippen LogP) is 5.25. The molecule has 0 aliphatic carbocycles. The number of rotatable bonds is 4. The summed E-state index contributed by atoms with van der Waals surface area (Å²) >= 11 is 0. The first-order valence-electron chi connectivity index (χ1n) is 10.4. The molecule has 0 atom stereocenters. The fourth-order valence-electron chi connectivity index (χ4n) is 4.10. The number of ketones is 1. The van der Waals surface area contributed by atoms with Gasteiger partial charge in [-0.1, -0.05) is 48.5 Å². The Morgan fingerprint density at radius 1 is 1.06 bits per heavy atom. The van der Waals surface area contributed by atoms with Crippen LogP contribution in [0.1, 0.15) is 27.0 Å². The topological polar surface area (TPSA) is 57.5 Å². The first-order valence-corrected chi connectivity index (χ1v) is 10.4. The van der Waals surface area contributed by atoms with Gasteiger partial charge >= 0.3 is 5.97 Å². The summed E-state index contributed by atoms with van der Waals surface area (Å²) in [5, 5.41) is 1.04. The highest BCUT2D eigenvalue weighted by Gasteiger charge is 2.30. The maximum atomic E-state index is 13.0. The highest BCUT2D eigenvalue weighted by atomic mass is 16.5. The number of fused-ring (bicyclic) bond motifs is 2. The van der Waals surface area contributed by atoms with Crippen molar-refractivity contribution in [3.63, 3.8) is 0 Å². The molecule has 0 amide bonds. The smallest absolute Gasteiger partial charge is 0.315 e. The molecular formula is C27H21NO4. The summed E-state index contributed by atoms with van der Waals surface area (Å²) in [5.74, 6) is 0.483. The van der Waals surface area contributed by atoms with Crippen molar-refractivity contribution < 1.29 is 19.1 Å². The number of aromatic nitrogens is 1. The Kier molecular flexibility index (Phi) is 4.86. The molecule has 5 nitrogen and oxygen atoms in total. The van der Waals surface area contributed by atoms with E-state index in [0.29, 0.717) is 22.6 Å². The highest BCUT2D eigenvalue weighted by Crippen LogP contribution is 2.38. The van der Waals surface area contributed by atoms with Gasteiger partial charge in [0.05, 0.1) is 12.0 Å². The number of para-hydroxylation sites is 1. The van der Waals surface area contributed by atoms with Gasteiger partial charge in [-0.05, 0) is 36.3 Å². The van der Waals surface area contributed by atoms with E-state index in [1.165, 1.54) is 0 Å². The van der Waals surface area contributed by atoms with Gasteiger partial charge in [0.1, 0.15) is 11.5 Å². The Morgan fingerprint density at radius 2 is 1.81 bits per heavy atom. The maximum absolute atomic E-state index is 13.0. The van der Waals surface area contributed by atoms with Crippen LogP contribution in [-0.2, 0) is 18.3 Å². The standard InChI is InChI=1S/C27H21NO4/c1-17-12-20(31-25(29)13-18-8-4-3-5-9-18)15-23-26(17)27(30)24(32-23)14-19-16-28(2)22-11-7-6-10-21(19)22/h3-12,14-16H,13H2,1-2H3/b24-14-. The van der Waals surface area contributed by atoms with Crippen LogP contribution in [0.2, 0.25) is 0 Å². The minimum atomic E-state index is -0.369. The lowest BCUT2D eigenvalue weighted by atomic mass is 10.0. The first kappa shape index (κ1) is 19.8. The molecule has 0 bridgehead atoms. The minimum absolute atomic E-state index is 0.170. The molecule has 4 aromatic rings. The van der Waals surface area contributed by atoms with Crippen LogP contribution in [0, 0.1) is 6.92 Å². The van der Waals surface area contributed by atoms with E-state index in [4.69, 9.17) is 9.47 Å². The summed E-state index contributed by atoms with van der Waals surface area (Å²) in [4.78, 5) is 25.4. The molecule has 0 fully saturated rings. The number of hydrogen-bond acceptors (Lipinski definition) is 4. The van der Waals surface area contributed by atoms with Crippen molar-refractivity contribution in [2.75, 3.05) is 0 Å². The van der Waals surface area contributed by atoms with Crippen LogP contribution in [0.15, 0.2) is 78.7 Å². The molecule has 0 spiro atoms. The number of allylic oxidation sites excluding steroid dienone is 1. The molecule has 3 aromatic carbocycles. The molecule has 0 N–H and O–H groups in total. The fourth-order valence-corrected chi connectivity index (χ4v) is 4.10. The van der Waals surface area contributed by atoms with E-state index in [-0.39, 0.29) is 23.9 Å². The second-order valence-corrected chi connectivity index (χ2v) is 7.90. The third kappa shape index (κ3) is 3.58. The Balaban J connectivity index is 1.41. The number of Topliss-reactive ketones (excluding diaryl/α,β-unsaturated/α-hetero) is 1. The SMILES string of the molecule is Cc1cc(OC(=O)Cc2ccccc2)cc2c1C(=O)/C(=C/c1cn(C)c3ccccc13)O2. The molecular weight excluding hydrogens is 402 g/mol. The molecule has 0 saturated carbocycles. The van der Waals surface area contributed by atoms with E-state index in [2.05, 4.69) is 0 Å². The Bertz CT molecular complexity index is 1400. The van der Waals surface area contributed by atoms with Crippen molar-refractivity contribution in [2.24, 2.45) is 7.05 Å². The van der Waals surface area contributed by atoms with Crippen LogP contribution in [0.3, 0.4) is 0 Å². The number of carbonyl (C=O) groups excluding carboxylic acids is 2. The number of benzene rings is 3. The summed E-state index contributed by atoms with van der Waals surface area (Å²) in [6.45, 7) is 1.81.